The molecule has 0 fully saturated rings. The zero-order valence-electron chi connectivity index (χ0n) is 12.1. The molecule has 0 N–H and O–H groups in total. The zero-order chi connectivity index (χ0) is 14.5. The number of carbonyl (C=O) groups is 1. The van der Waals surface area contributed by atoms with E-state index < -0.39 is 0 Å². The van der Waals surface area contributed by atoms with Gasteiger partial charge in [-0.3, -0.25) is 4.79 Å². The molecule has 0 aliphatic carbocycles. The highest BCUT2D eigenvalue weighted by Crippen LogP contribution is 2.18. The van der Waals surface area contributed by atoms with Crippen molar-refractivity contribution in [2.45, 2.75) is 20.3 Å². The molecule has 0 aliphatic heterocycles. The van der Waals surface area contributed by atoms with Gasteiger partial charge in [-0.15, -0.1) is 10.2 Å². The number of rotatable bonds is 5. The lowest BCUT2D eigenvalue weighted by Gasteiger charge is -2.15. The Morgan fingerprint density at radius 3 is 2.30 bits per heavy atom. The fraction of sp³-hybridized carbons (Fsp3) is 0.312. The van der Waals surface area contributed by atoms with Gasteiger partial charge in [0.2, 0.25) is 0 Å². The molecule has 0 amide bonds. The van der Waals surface area contributed by atoms with Crippen LogP contribution in [0, 0.1) is 0 Å². The van der Waals surface area contributed by atoms with Gasteiger partial charge in [-0.2, -0.15) is 0 Å². The summed E-state index contributed by atoms with van der Waals surface area (Å²) in [6.07, 6.45) is 1.03. The van der Waals surface area contributed by atoms with Gasteiger partial charge in [0.25, 0.3) is 0 Å². The highest BCUT2D eigenvalue weighted by molar-refractivity contribution is 5.80. The second-order valence-electron chi connectivity index (χ2n) is 4.89. The fourth-order valence-electron chi connectivity index (χ4n) is 2.01. The molecule has 2 rings (SSSR count). The normalized spacial score (nSPS) is 10.3. The van der Waals surface area contributed by atoms with Crippen molar-refractivity contribution in [2.75, 3.05) is 18.5 Å². The van der Waals surface area contributed by atoms with E-state index in [-0.39, 0.29) is 5.78 Å². The summed E-state index contributed by atoms with van der Waals surface area (Å²) in [7, 11) is 1.83. The van der Waals surface area contributed by atoms with Crippen molar-refractivity contribution in [3.8, 4) is 11.3 Å². The first kappa shape index (κ1) is 14.2. The van der Waals surface area contributed by atoms with Crippen molar-refractivity contribution < 1.29 is 4.79 Å². The molecule has 0 aliphatic rings. The Balaban J connectivity index is 2.16. The first-order valence-corrected chi connectivity index (χ1v) is 6.73. The number of Topliss-reactive ketones (excluding diaryl/α,β-unsaturated/α-hetero) is 1. The van der Waals surface area contributed by atoms with Crippen LogP contribution in [0.3, 0.4) is 0 Å². The molecule has 0 spiro atoms. The highest BCUT2D eigenvalue weighted by atomic mass is 16.1. The largest absolute Gasteiger partial charge is 0.351 e. The second kappa shape index (κ2) is 6.28. The molecule has 0 saturated heterocycles. The number of hydrogen-bond donors (Lipinski definition) is 0. The maximum atomic E-state index is 11.1. The minimum Gasteiger partial charge on any atom is -0.351 e. The van der Waals surface area contributed by atoms with Gasteiger partial charge in [0.15, 0.2) is 5.82 Å². The third kappa shape index (κ3) is 3.41. The molecule has 1 heterocycles. The first-order valence-electron chi connectivity index (χ1n) is 6.73. The number of hydrogen-bond acceptors (Lipinski definition) is 4. The molecule has 0 bridgehead atoms. The van der Waals surface area contributed by atoms with Gasteiger partial charge in [-0.05, 0) is 31.0 Å². The number of anilines is 1. The van der Waals surface area contributed by atoms with Gasteiger partial charge >= 0.3 is 0 Å². The van der Waals surface area contributed by atoms with Crippen molar-refractivity contribution in [2.24, 2.45) is 0 Å². The Bertz CT molecular complexity index is 576. The van der Waals surface area contributed by atoms with E-state index in [1.165, 1.54) is 5.56 Å². The first-order chi connectivity index (χ1) is 9.60. The van der Waals surface area contributed by atoms with E-state index in [0.29, 0.717) is 12.4 Å². The third-order valence-electron chi connectivity index (χ3n) is 3.16. The van der Waals surface area contributed by atoms with Crippen molar-refractivity contribution >= 4 is 11.6 Å². The molecule has 0 atom stereocenters. The molecule has 2 aromatic rings. The summed E-state index contributed by atoms with van der Waals surface area (Å²) >= 11 is 0. The molecule has 0 saturated carbocycles. The predicted octanol–water partition coefficient (Wildman–Crippen LogP) is 2.73. The molecule has 4 heteroatoms. The van der Waals surface area contributed by atoms with E-state index in [4.69, 9.17) is 0 Å². The van der Waals surface area contributed by atoms with Crippen LogP contribution in [0.2, 0.25) is 0 Å². The van der Waals surface area contributed by atoms with Crippen molar-refractivity contribution in [1.82, 2.24) is 10.2 Å². The Labute approximate surface area is 119 Å². The quantitative estimate of drug-likeness (QED) is 0.837. The minimum absolute atomic E-state index is 0.105. The van der Waals surface area contributed by atoms with Crippen molar-refractivity contribution in [3.05, 3.63) is 42.0 Å². The summed E-state index contributed by atoms with van der Waals surface area (Å²) in [6, 6.07) is 12.1. The number of aromatic nitrogens is 2. The number of nitrogens with zero attached hydrogens (tertiary/aromatic N) is 3. The number of ketones is 1. The van der Waals surface area contributed by atoms with Crippen LogP contribution >= 0.6 is 0 Å². The van der Waals surface area contributed by atoms with Gasteiger partial charge in [0.05, 0.1) is 12.2 Å². The summed E-state index contributed by atoms with van der Waals surface area (Å²) in [5, 5.41) is 8.40. The molecule has 1 aromatic carbocycles. The smallest absolute Gasteiger partial charge is 0.151 e. The van der Waals surface area contributed by atoms with Gasteiger partial charge in [-0.25, -0.2) is 0 Å². The molecular weight excluding hydrogens is 250 g/mol. The van der Waals surface area contributed by atoms with Gasteiger partial charge in [0.1, 0.15) is 5.78 Å². The van der Waals surface area contributed by atoms with Crippen LogP contribution in [0.25, 0.3) is 11.3 Å². The average Bonchev–Trinajstić information content (AvgIpc) is 2.47. The monoisotopic (exact) mass is 269 g/mol. The molecule has 104 valence electrons. The number of likely N-dealkylation sites (N-methyl/N-ethyl adjacent to an activating group) is 1. The summed E-state index contributed by atoms with van der Waals surface area (Å²) < 4.78 is 0. The Morgan fingerprint density at radius 1 is 1.10 bits per heavy atom. The Morgan fingerprint density at radius 2 is 1.80 bits per heavy atom. The Kier molecular flexibility index (Phi) is 4.45. The molecule has 0 radical (unpaired) electrons. The minimum atomic E-state index is 0.105. The molecule has 20 heavy (non-hydrogen) atoms. The van der Waals surface area contributed by atoms with Gasteiger partial charge < -0.3 is 4.90 Å². The van der Waals surface area contributed by atoms with E-state index in [1.54, 1.807) is 11.8 Å². The number of benzene rings is 1. The van der Waals surface area contributed by atoms with E-state index in [0.717, 1.165) is 17.7 Å². The van der Waals surface area contributed by atoms with Crippen molar-refractivity contribution in [3.63, 3.8) is 0 Å². The lowest BCUT2D eigenvalue weighted by atomic mass is 10.1. The van der Waals surface area contributed by atoms with Gasteiger partial charge in [0, 0.05) is 12.6 Å². The summed E-state index contributed by atoms with van der Waals surface area (Å²) in [5.74, 6) is 0.808. The lowest BCUT2D eigenvalue weighted by Crippen LogP contribution is -2.24. The second-order valence-corrected chi connectivity index (χ2v) is 4.89. The van der Waals surface area contributed by atoms with E-state index in [9.17, 15) is 4.79 Å². The summed E-state index contributed by atoms with van der Waals surface area (Å²) in [5.41, 5.74) is 3.20. The Hall–Kier alpha value is -2.23. The fourth-order valence-corrected chi connectivity index (χ4v) is 2.01. The maximum Gasteiger partial charge on any atom is 0.151 e. The van der Waals surface area contributed by atoms with E-state index in [1.807, 2.05) is 19.2 Å². The summed E-state index contributed by atoms with van der Waals surface area (Å²) in [4.78, 5) is 12.9. The van der Waals surface area contributed by atoms with E-state index >= 15 is 0 Å². The number of aryl methyl sites for hydroxylation is 1. The van der Waals surface area contributed by atoms with Crippen LogP contribution in [0.15, 0.2) is 36.4 Å². The van der Waals surface area contributed by atoms with Crippen LogP contribution in [-0.2, 0) is 11.2 Å². The molecule has 4 nitrogen and oxygen atoms in total. The van der Waals surface area contributed by atoms with Gasteiger partial charge in [-0.1, -0.05) is 31.2 Å². The van der Waals surface area contributed by atoms with Crippen molar-refractivity contribution in [1.29, 1.82) is 0 Å². The molecule has 0 unspecified atom stereocenters. The highest BCUT2D eigenvalue weighted by Gasteiger charge is 2.06. The number of carbonyl (C=O) groups excluding carboxylic acids is 1. The average molecular weight is 269 g/mol. The van der Waals surface area contributed by atoms with Crippen LogP contribution < -0.4 is 4.90 Å². The lowest BCUT2D eigenvalue weighted by molar-refractivity contribution is -0.115. The standard InChI is InChI=1S/C16H19N3O/c1-4-13-5-7-14(8-6-13)15-9-10-16(18-17-15)19(3)11-12(2)20/h5-10H,4,11H2,1-3H3. The van der Waals surface area contributed by atoms with E-state index in [2.05, 4.69) is 41.4 Å². The third-order valence-corrected chi connectivity index (χ3v) is 3.16. The van der Waals surface area contributed by atoms with Crippen LogP contribution in [0.1, 0.15) is 19.4 Å². The maximum absolute atomic E-state index is 11.1. The predicted molar refractivity (Wildman–Crippen MR) is 80.8 cm³/mol. The molecule has 1 aromatic heterocycles. The van der Waals surface area contributed by atoms with Crippen LogP contribution in [0.4, 0.5) is 5.82 Å². The van der Waals surface area contributed by atoms with Crippen LogP contribution in [-0.4, -0.2) is 29.6 Å². The topological polar surface area (TPSA) is 46.1 Å². The zero-order valence-corrected chi connectivity index (χ0v) is 12.1. The summed E-state index contributed by atoms with van der Waals surface area (Å²) in [6.45, 7) is 4.04. The SMILES string of the molecule is CCc1ccc(-c2ccc(N(C)CC(C)=O)nn2)cc1. The van der Waals surface area contributed by atoms with Crippen LogP contribution in [0.5, 0.6) is 0 Å². The molecular formula is C16H19N3O.